The Hall–Kier alpha value is -2.89. The fraction of sp³-hybridized carbons (Fsp3) is 0.105. The van der Waals surface area contributed by atoms with Gasteiger partial charge in [-0.15, -0.1) is 0 Å². The van der Waals surface area contributed by atoms with E-state index in [9.17, 15) is 18.0 Å². The Morgan fingerprint density at radius 3 is 2.36 bits per heavy atom. The molecular formula is C19H10F4O2. The highest BCUT2D eigenvalue weighted by atomic mass is 19.4. The van der Waals surface area contributed by atoms with E-state index in [1.165, 1.54) is 6.07 Å². The summed E-state index contributed by atoms with van der Waals surface area (Å²) in [4.78, 5) is 11.9. The lowest BCUT2D eigenvalue weighted by Gasteiger charge is -2.34. The second-order valence-corrected chi connectivity index (χ2v) is 5.82. The van der Waals surface area contributed by atoms with Crippen LogP contribution in [-0.4, -0.2) is 5.97 Å². The van der Waals surface area contributed by atoms with Crippen LogP contribution in [0.1, 0.15) is 22.3 Å². The Bertz CT molecular complexity index is 942. The molecule has 6 heteroatoms. The minimum Gasteiger partial charge on any atom is -0.439 e. The summed E-state index contributed by atoms with van der Waals surface area (Å²) in [5.74, 6) is -1.57. The van der Waals surface area contributed by atoms with Gasteiger partial charge >= 0.3 is 12.1 Å². The standard InChI is InChI=1S/C19H10F4O2/c20-16-9-11-8-13(19(21,22)23)6-7-14(11)15-10-17(24)25-18(15,16)12-4-2-1-3-5-12/h1-10H. The zero-order chi connectivity index (χ0) is 17.8. The average molecular weight is 346 g/mol. The van der Waals surface area contributed by atoms with E-state index in [-0.39, 0.29) is 11.1 Å². The first-order valence-corrected chi connectivity index (χ1v) is 7.42. The van der Waals surface area contributed by atoms with E-state index in [1.54, 1.807) is 30.3 Å². The van der Waals surface area contributed by atoms with Crippen molar-refractivity contribution in [2.45, 2.75) is 11.8 Å². The van der Waals surface area contributed by atoms with Crippen molar-refractivity contribution in [1.82, 2.24) is 0 Å². The van der Waals surface area contributed by atoms with E-state index in [0.29, 0.717) is 11.1 Å². The van der Waals surface area contributed by atoms with E-state index >= 15 is 4.39 Å². The maximum absolute atomic E-state index is 15.0. The first-order chi connectivity index (χ1) is 11.8. The number of ether oxygens (including phenoxy) is 1. The number of fused-ring (bicyclic) bond motifs is 3. The molecule has 0 spiro atoms. The molecule has 25 heavy (non-hydrogen) atoms. The van der Waals surface area contributed by atoms with Gasteiger partial charge in [-0.2, -0.15) is 13.2 Å². The molecule has 126 valence electrons. The van der Waals surface area contributed by atoms with Crippen LogP contribution in [0.3, 0.4) is 0 Å². The van der Waals surface area contributed by atoms with Crippen LogP contribution < -0.4 is 0 Å². The second kappa shape index (κ2) is 5.05. The molecule has 2 aromatic rings. The number of esters is 1. The molecule has 0 aromatic heterocycles. The van der Waals surface area contributed by atoms with Gasteiger partial charge in [-0.1, -0.05) is 36.4 Å². The van der Waals surface area contributed by atoms with Crippen LogP contribution in [0.5, 0.6) is 0 Å². The molecule has 1 heterocycles. The van der Waals surface area contributed by atoms with Gasteiger partial charge in [-0.05, 0) is 29.3 Å². The molecule has 1 unspecified atom stereocenters. The molecule has 0 fully saturated rings. The summed E-state index contributed by atoms with van der Waals surface area (Å²) in [5, 5.41) is 0. The Balaban J connectivity index is 1.96. The number of hydrogen-bond acceptors (Lipinski definition) is 2. The first kappa shape index (κ1) is 15.6. The highest BCUT2D eigenvalue weighted by Gasteiger charge is 2.52. The quantitative estimate of drug-likeness (QED) is 0.544. The molecule has 0 saturated heterocycles. The minimum absolute atomic E-state index is 0.0587. The van der Waals surface area contributed by atoms with E-state index in [4.69, 9.17) is 4.74 Å². The fourth-order valence-electron chi connectivity index (χ4n) is 3.27. The molecular weight excluding hydrogens is 336 g/mol. The summed E-state index contributed by atoms with van der Waals surface area (Å²) in [6, 6.07) is 11.3. The minimum atomic E-state index is -4.54. The molecule has 0 radical (unpaired) electrons. The predicted molar refractivity (Wildman–Crippen MR) is 82.7 cm³/mol. The number of carbonyl (C=O) groups is 1. The Kier molecular flexibility index (Phi) is 3.16. The lowest BCUT2D eigenvalue weighted by molar-refractivity contribution is -0.144. The number of alkyl halides is 3. The maximum atomic E-state index is 15.0. The highest BCUT2D eigenvalue weighted by molar-refractivity contribution is 6.03. The summed E-state index contributed by atoms with van der Waals surface area (Å²) in [6.07, 6.45) is -2.41. The van der Waals surface area contributed by atoms with Crippen molar-refractivity contribution in [3.05, 3.63) is 82.7 Å². The fourth-order valence-corrected chi connectivity index (χ4v) is 3.27. The summed E-state index contributed by atoms with van der Waals surface area (Å²) < 4.78 is 59.1. The van der Waals surface area contributed by atoms with Crippen LogP contribution in [0, 0.1) is 0 Å². The number of hydrogen-bond donors (Lipinski definition) is 0. The van der Waals surface area contributed by atoms with Gasteiger partial charge in [-0.25, -0.2) is 9.18 Å². The van der Waals surface area contributed by atoms with Gasteiger partial charge < -0.3 is 4.74 Å². The zero-order valence-electron chi connectivity index (χ0n) is 12.6. The molecule has 2 nitrogen and oxygen atoms in total. The van der Waals surface area contributed by atoms with E-state index in [0.717, 1.165) is 24.3 Å². The normalized spacial score (nSPS) is 21.8. The number of halogens is 4. The van der Waals surface area contributed by atoms with Gasteiger partial charge in [0.05, 0.1) is 5.56 Å². The van der Waals surface area contributed by atoms with Crippen molar-refractivity contribution in [2.75, 3.05) is 0 Å². The highest BCUT2D eigenvalue weighted by Crippen LogP contribution is 2.53. The summed E-state index contributed by atoms with van der Waals surface area (Å²) in [5.41, 5.74) is -1.63. The van der Waals surface area contributed by atoms with E-state index < -0.39 is 29.1 Å². The molecule has 2 aliphatic rings. The molecule has 0 bridgehead atoms. The molecule has 2 aromatic carbocycles. The molecule has 1 atom stereocenters. The first-order valence-electron chi connectivity index (χ1n) is 7.42. The van der Waals surface area contributed by atoms with Crippen LogP contribution in [0.2, 0.25) is 0 Å². The number of rotatable bonds is 1. The van der Waals surface area contributed by atoms with Gasteiger partial charge in [0.1, 0.15) is 0 Å². The maximum Gasteiger partial charge on any atom is 0.416 e. The topological polar surface area (TPSA) is 26.3 Å². The molecule has 0 saturated carbocycles. The van der Waals surface area contributed by atoms with Gasteiger partial charge in [-0.3, -0.25) is 0 Å². The molecule has 4 rings (SSSR count). The van der Waals surface area contributed by atoms with Crippen molar-refractivity contribution in [1.29, 1.82) is 0 Å². The van der Waals surface area contributed by atoms with Crippen molar-refractivity contribution in [2.24, 2.45) is 0 Å². The summed E-state index contributed by atoms with van der Waals surface area (Å²) in [7, 11) is 0. The van der Waals surface area contributed by atoms with Crippen LogP contribution in [0.4, 0.5) is 17.6 Å². The van der Waals surface area contributed by atoms with Crippen molar-refractivity contribution >= 4 is 17.6 Å². The van der Waals surface area contributed by atoms with E-state index in [2.05, 4.69) is 0 Å². The lowest BCUT2D eigenvalue weighted by atomic mass is 9.76. The SMILES string of the molecule is O=C1C=C2c3ccc(C(F)(F)F)cc3C=C(F)C2(c2ccccc2)O1. The number of carbonyl (C=O) groups excluding carboxylic acids is 1. The third kappa shape index (κ3) is 2.21. The van der Waals surface area contributed by atoms with Crippen molar-refractivity contribution in [3.63, 3.8) is 0 Å². The molecule has 1 aliphatic carbocycles. The van der Waals surface area contributed by atoms with Gasteiger partial charge in [0, 0.05) is 17.2 Å². The third-order valence-corrected chi connectivity index (χ3v) is 4.36. The Labute approximate surface area is 140 Å². The van der Waals surface area contributed by atoms with Crippen molar-refractivity contribution in [3.8, 4) is 0 Å². The summed E-state index contributed by atoms with van der Waals surface area (Å²) >= 11 is 0. The van der Waals surface area contributed by atoms with Gasteiger partial charge in [0.15, 0.2) is 5.83 Å². The van der Waals surface area contributed by atoms with Crippen LogP contribution >= 0.6 is 0 Å². The Morgan fingerprint density at radius 2 is 1.68 bits per heavy atom. The lowest BCUT2D eigenvalue weighted by Crippen LogP contribution is -2.32. The monoisotopic (exact) mass is 346 g/mol. The predicted octanol–water partition coefficient (Wildman–Crippen LogP) is 4.87. The molecule has 0 amide bonds. The second-order valence-electron chi connectivity index (χ2n) is 5.82. The van der Waals surface area contributed by atoms with Gasteiger partial charge in [0.25, 0.3) is 0 Å². The largest absolute Gasteiger partial charge is 0.439 e. The van der Waals surface area contributed by atoms with Crippen molar-refractivity contribution < 1.29 is 27.1 Å². The van der Waals surface area contributed by atoms with Crippen LogP contribution in [-0.2, 0) is 21.3 Å². The zero-order valence-corrected chi connectivity index (χ0v) is 12.6. The number of benzene rings is 2. The average Bonchev–Trinajstić information content (AvgIpc) is 2.93. The third-order valence-electron chi connectivity index (χ3n) is 4.36. The molecule has 0 N–H and O–H groups in total. The van der Waals surface area contributed by atoms with E-state index in [1.807, 2.05) is 0 Å². The summed E-state index contributed by atoms with van der Waals surface area (Å²) in [6.45, 7) is 0. The van der Waals surface area contributed by atoms with Gasteiger partial charge in [0.2, 0.25) is 5.60 Å². The van der Waals surface area contributed by atoms with Crippen LogP contribution in [0.15, 0.2) is 60.4 Å². The Morgan fingerprint density at radius 1 is 0.960 bits per heavy atom. The molecule has 1 aliphatic heterocycles. The smallest absolute Gasteiger partial charge is 0.416 e. The van der Waals surface area contributed by atoms with Crippen LogP contribution in [0.25, 0.3) is 11.6 Å².